The molecular weight excluding hydrogens is 261 g/mol. The number of halogens is 2. The Hall–Kier alpha value is -1.17. The number of amides is 1. The number of morpholine rings is 1. The van der Waals surface area contributed by atoms with Crippen molar-refractivity contribution < 1.29 is 19.0 Å². The van der Waals surface area contributed by atoms with Crippen LogP contribution in [0.25, 0.3) is 0 Å². The summed E-state index contributed by atoms with van der Waals surface area (Å²) in [5.74, 6) is -1.17. The molecule has 1 aromatic carbocycles. The van der Waals surface area contributed by atoms with Gasteiger partial charge in [-0.3, -0.25) is 4.79 Å². The van der Waals surface area contributed by atoms with Gasteiger partial charge < -0.3 is 14.7 Å². The maximum atomic E-state index is 13.7. The fourth-order valence-corrected chi connectivity index (χ4v) is 2.16. The summed E-state index contributed by atoms with van der Waals surface area (Å²) < 4.78 is 18.8. The number of benzene rings is 1. The van der Waals surface area contributed by atoms with Crippen molar-refractivity contribution in [1.82, 2.24) is 4.90 Å². The van der Waals surface area contributed by atoms with E-state index in [1.165, 1.54) is 23.1 Å². The van der Waals surface area contributed by atoms with Crippen LogP contribution in [0.3, 0.4) is 0 Å². The van der Waals surface area contributed by atoms with E-state index in [-0.39, 0.29) is 23.8 Å². The van der Waals surface area contributed by atoms with Crippen molar-refractivity contribution in [3.63, 3.8) is 0 Å². The van der Waals surface area contributed by atoms with Crippen LogP contribution in [0.5, 0.6) is 0 Å². The first-order chi connectivity index (χ1) is 8.65. The third kappa shape index (κ3) is 2.48. The van der Waals surface area contributed by atoms with E-state index >= 15 is 0 Å². The molecule has 0 aromatic heterocycles. The summed E-state index contributed by atoms with van der Waals surface area (Å²) in [6.07, 6.45) is 0. The van der Waals surface area contributed by atoms with Gasteiger partial charge in [0, 0.05) is 6.54 Å². The molecule has 1 aliphatic heterocycles. The zero-order valence-electron chi connectivity index (χ0n) is 9.60. The molecule has 4 nitrogen and oxygen atoms in total. The first-order valence-electron chi connectivity index (χ1n) is 5.58. The molecule has 1 atom stereocenters. The highest BCUT2D eigenvalue weighted by atomic mass is 35.5. The number of ether oxygens (including phenoxy) is 1. The van der Waals surface area contributed by atoms with Crippen molar-refractivity contribution in [3.8, 4) is 0 Å². The molecule has 0 saturated carbocycles. The number of hydrogen-bond acceptors (Lipinski definition) is 3. The Morgan fingerprint density at radius 1 is 1.61 bits per heavy atom. The van der Waals surface area contributed by atoms with Crippen molar-refractivity contribution in [2.45, 2.75) is 6.04 Å². The molecule has 1 unspecified atom stereocenters. The summed E-state index contributed by atoms with van der Waals surface area (Å²) in [5.41, 5.74) is -0.153. The highest BCUT2D eigenvalue weighted by Crippen LogP contribution is 2.22. The van der Waals surface area contributed by atoms with Gasteiger partial charge >= 0.3 is 0 Å². The van der Waals surface area contributed by atoms with Crippen molar-refractivity contribution in [2.75, 3.05) is 26.4 Å². The Labute approximate surface area is 109 Å². The molecule has 0 bridgehead atoms. The maximum absolute atomic E-state index is 13.7. The zero-order chi connectivity index (χ0) is 13.1. The predicted molar refractivity (Wildman–Crippen MR) is 64.1 cm³/mol. The minimum Gasteiger partial charge on any atom is -0.394 e. The second-order valence-electron chi connectivity index (χ2n) is 4.01. The number of aliphatic hydroxyl groups is 1. The molecule has 1 N–H and O–H groups in total. The summed E-state index contributed by atoms with van der Waals surface area (Å²) >= 11 is 5.85. The maximum Gasteiger partial charge on any atom is 0.258 e. The number of carbonyl (C=O) groups excluding carboxylic acids is 1. The van der Waals surface area contributed by atoms with Crippen molar-refractivity contribution >= 4 is 17.5 Å². The van der Waals surface area contributed by atoms with Crippen LogP contribution in [0.4, 0.5) is 4.39 Å². The lowest BCUT2D eigenvalue weighted by Crippen LogP contribution is -2.50. The Balaban J connectivity index is 2.30. The van der Waals surface area contributed by atoms with Crippen LogP contribution >= 0.6 is 11.6 Å². The van der Waals surface area contributed by atoms with E-state index in [0.717, 1.165) is 0 Å². The molecule has 6 heteroatoms. The minimum absolute atomic E-state index is 0.0724. The number of nitrogens with zero attached hydrogens (tertiary/aromatic N) is 1. The van der Waals surface area contributed by atoms with E-state index < -0.39 is 17.8 Å². The highest BCUT2D eigenvalue weighted by molar-refractivity contribution is 6.33. The van der Waals surface area contributed by atoms with Gasteiger partial charge in [-0.25, -0.2) is 4.39 Å². The quantitative estimate of drug-likeness (QED) is 0.884. The Kier molecular flexibility index (Phi) is 4.16. The third-order valence-electron chi connectivity index (χ3n) is 2.88. The van der Waals surface area contributed by atoms with Crippen LogP contribution in [0, 0.1) is 5.82 Å². The summed E-state index contributed by atoms with van der Waals surface area (Å²) in [6, 6.07) is 3.64. The van der Waals surface area contributed by atoms with Crippen molar-refractivity contribution in [1.29, 1.82) is 0 Å². The van der Waals surface area contributed by atoms with Gasteiger partial charge in [0.05, 0.1) is 36.4 Å². The predicted octanol–water partition coefficient (Wildman–Crippen LogP) is 1.31. The second-order valence-corrected chi connectivity index (χ2v) is 4.41. The van der Waals surface area contributed by atoms with E-state index in [1.807, 2.05) is 0 Å². The topological polar surface area (TPSA) is 49.8 Å². The van der Waals surface area contributed by atoms with Crippen LogP contribution in [0.1, 0.15) is 10.4 Å². The number of aliphatic hydroxyl groups excluding tert-OH is 1. The molecule has 2 rings (SSSR count). The van der Waals surface area contributed by atoms with Gasteiger partial charge in [0.2, 0.25) is 0 Å². The first-order valence-corrected chi connectivity index (χ1v) is 5.96. The molecule has 1 aromatic rings. The van der Waals surface area contributed by atoms with E-state index in [2.05, 4.69) is 0 Å². The van der Waals surface area contributed by atoms with Crippen LogP contribution in [0.2, 0.25) is 5.02 Å². The number of rotatable bonds is 2. The van der Waals surface area contributed by atoms with Gasteiger partial charge in [-0.15, -0.1) is 0 Å². The molecule has 98 valence electrons. The van der Waals surface area contributed by atoms with E-state index in [0.29, 0.717) is 13.2 Å². The average Bonchev–Trinajstić information content (AvgIpc) is 2.38. The Bertz CT molecular complexity index is 435. The van der Waals surface area contributed by atoms with E-state index in [9.17, 15) is 14.3 Å². The molecule has 0 spiro atoms. The molecule has 0 radical (unpaired) electrons. The summed E-state index contributed by atoms with van der Waals surface area (Å²) in [7, 11) is 0. The normalized spacial score (nSPS) is 19.9. The summed E-state index contributed by atoms with van der Waals surface area (Å²) in [5, 5.41) is 9.27. The fraction of sp³-hybridized carbons (Fsp3) is 0.417. The van der Waals surface area contributed by atoms with Gasteiger partial charge in [0.25, 0.3) is 5.91 Å². The largest absolute Gasteiger partial charge is 0.394 e. The summed E-state index contributed by atoms with van der Waals surface area (Å²) in [6.45, 7) is 0.704. The molecule has 1 aliphatic rings. The van der Waals surface area contributed by atoms with Crippen LogP contribution in [0.15, 0.2) is 18.2 Å². The van der Waals surface area contributed by atoms with Gasteiger partial charge in [-0.2, -0.15) is 0 Å². The molecule has 1 fully saturated rings. The minimum atomic E-state index is -0.657. The Morgan fingerprint density at radius 3 is 3.06 bits per heavy atom. The van der Waals surface area contributed by atoms with Gasteiger partial charge in [0.15, 0.2) is 0 Å². The van der Waals surface area contributed by atoms with Gasteiger partial charge in [-0.05, 0) is 12.1 Å². The molecule has 1 saturated heterocycles. The molecule has 1 amide bonds. The lowest BCUT2D eigenvalue weighted by Gasteiger charge is -2.34. The molecule has 18 heavy (non-hydrogen) atoms. The van der Waals surface area contributed by atoms with Crippen LogP contribution in [-0.2, 0) is 4.74 Å². The van der Waals surface area contributed by atoms with Gasteiger partial charge in [0.1, 0.15) is 5.82 Å². The summed E-state index contributed by atoms with van der Waals surface area (Å²) in [4.78, 5) is 13.6. The lowest BCUT2D eigenvalue weighted by molar-refractivity contribution is -0.0185. The smallest absolute Gasteiger partial charge is 0.258 e. The van der Waals surface area contributed by atoms with Crippen molar-refractivity contribution in [3.05, 3.63) is 34.6 Å². The van der Waals surface area contributed by atoms with Gasteiger partial charge in [-0.1, -0.05) is 17.7 Å². The van der Waals surface area contributed by atoms with E-state index in [1.54, 1.807) is 0 Å². The average molecular weight is 274 g/mol. The molecule has 1 heterocycles. The Morgan fingerprint density at radius 2 is 2.39 bits per heavy atom. The molecule has 0 aliphatic carbocycles. The SMILES string of the molecule is O=C(c1c(F)cccc1Cl)N1CCOCC1CO. The standard InChI is InChI=1S/C12H13ClFNO3/c13-9-2-1-3-10(14)11(9)12(17)15-4-5-18-7-8(15)6-16/h1-3,8,16H,4-7H2. The first kappa shape index (κ1) is 13.3. The third-order valence-corrected chi connectivity index (χ3v) is 3.19. The number of carbonyl (C=O) groups is 1. The number of hydrogen-bond donors (Lipinski definition) is 1. The van der Waals surface area contributed by atoms with Crippen LogP contribution in [-0.4, -0.2) is 48.3 Å². The lowest BCUT2D eigenvalue weighted by atomic mass is 10.1. The van der Waals surface area contributed by atoms with Crippen molar-refractivity contribution in [2.24, 2.45) is 0 Å². The van der Waals surface area contributed by atoms with E-state index in [4.69, 9.17) is 16.3 Å². The van der Waals surface area contributed by atoms with Crippen LogP contribution < -0.4 is 0 Å². The second kappa shape index (κ2) is 5.65. The molecular formula is C12H13ClFNO3. The monoisotopic (exact) mass is 273 g/mol. The fourth-order valence-electron chi connectivity index (χ4n) is 1.92. The highest BCUT2D eigenvalue weighted by Gasteiger charge is 2.30. The zero-order valence-corrected chi connectivity index (χ0v) is 10.4.